The second kappa shape index (κ2) is 5.85. The predicted octanol–water partition coefficient (Wildman–Crippen LogP) is 2.45. The van der Waals surface area contributed by atoms with Gasteiger partial charge in [0.25, 0.3) is 0 Å². The van der Waals surface area contributed by atoms with Crippen LogP contribution in [0.1, 0.15) is 43.0 Å². The number of carbonyl (C=O) groups excluding carboxylic acids is 1. The highest BCUT2D eigenvalue weighted by Crippen LogP contribution is 2.37. The summed E-state index contributed by atoms with van der Waals surface area (Å²) in [4.78, 5) is 13.6. The Morgan fingerprint density at radius 3 is 2.83 bits per heavy atom. The second-order valence-corrected chi connectivity index (χ2v) is 6.10. The van der Waals surface area contributed by atoms with Crippen LogP contribution < -0.4 is 11.1 Å². The fourth-order valence-electron chi connectivity index (χ4n) is 2.76. The number of amides is 1. The molecule has 4 heteroatoms. The molecular formula is C14H22N2OS. The van der Waals surface area contributed by atoms with Gasteiger partial charge in [0.1, 0.15) is 0 Å². The van der Waals surface area contributed by atoms with Crippen LogP contribution in [0.2, 0.25) is 0 Å². The first-order chi connectivity index (χ1) is 8.72. The summed E-state index contributed by atoms with van der Waals surface area (Å²) < 4.78 is 0. The number of nitrogens with one attached hydrogen (secondary N) is 1. The van der Waals surface area contributed by atoms with Gasteiger partial charge in [-0.15, -0.1) is 11.3 Å². The Labute approximate surface area is 113 Å². The SMILES string of the molecule is CCc1ccsc1CNC(=O)C1(CN)CCCC1. The Morgan fingerprint density at radius 1 is 1.50 bits per heavy atom. The average Bonchev–Trinajstić information content (AvgIpc) is 3.05. The molecular weight excluding hydrogens is 244 g/mol. The molecule has 1 aromatic rings. The molecule has 0 unspecified atom stereocenters. The number of rotatable bonds is 5. The van der Waals surface area contributed by atoms with Crippen LogP contribution in [0.4, 0.5) is 0 Å². The van der Waals surface area contributed by atoms with Gasteiger partial charge in [-0.25, -0.2) is 0 Å². The first kappa shape index (κ1) is 13.6. The number of carbonyl (C=O) groups is 1. The van der Waals surface area contributed by atoms with Crippen LogP contribution in [0, 0.1) is 5.41 Å². The Morgan fingerprint density at radius 2 is 2.22 bits per heavy atom. The number of hydrogen-bond acceptors (Lipinski definition) is 3. The van der Waals surface area contributed by atoms with Gasteiger partial charge in [-0.3, -0.25) is 4.79 Å². The standard InChI is InChI=1S/C14H22N2OS/c1-2-11-5-8-18-12(11)9-16-13(17)14(10-15)6-3-4-7-14/h5,8H,2-4,6-7,9-10,15H2,1H3,(H,16,17). The monoisotopic (exact) mass is 266 g/mol. The van der Waals surface area contributed by atoms with Gasteiger partial charge in [0, 0.05) is 11.4 Å². The first-order valence-electron chi connectivity index (χ1n) is 6.75. The highest BCUT2D eigenvalue weighted by Gasteiger charge is 2.39. The first-order valence-corrected chi connectivity index (χ1v) is 7.63. The van der Waals surface area contributed by atoms with Crippen molar-refractivity contribution in [3.8, 4) is 0 Å². The third-order valence-electron chi connectivity index (χ3n) is 4.06. The molecule has 0 atom stereocenters. The molecule has 1 fully saturated rings. The lowest BCUT2D eigenvalue weighted by Gasteiger charge is -2.25. The predicted molar refractivity (Wildman–Crippen MR) is 75.5 cm³/mol. The van der Waals surface area contributed by atoms with Crippen molar-refractivity contribution in [2.45, 2.75) is 45.6 Å². The van der Waals surface area contributed by atoms with E-state index in [1.54, 1.807) is 11.3 Å². The smallest absolute Gasteiger partial charge is 0.227 e. The zero-order valence-electron chi connectivity index (χ0n) is 11.0. The van der Waals surface area contributed by atoms with Crippen molar-refractivity contribution in [2.75, 3.05) is 6.54 Å². The van der Waals surface area contributed by atoms with E-state index in [0.29, 0.717) is 13.1 Å². The summed E-state index contributed by atoms with van der Waals surface area (Å²) >= 11 is 1.72. The van der Waals surface area contributed by atoms with E-state index in [4.69, 9.17) is 5.73 Å². The molecule has 0 aromatic carbocycles. The van der Waals surface area contributed by atoms with Crippen LogP contribution in [0.15, 0.2) is 11.4 Å². The third kappa shape index (κ3) is 2.59. The molecule has 1 heterocycles. The van der Waals surface area contributed by atoms with E-state index in [1.807, 2.05) is 0 Å². The molecule has 18 heavy (non-hydrogen) atoms. The third-order valence-corrected chi connectivity index (χ3v) is 5.02. The molecule has 0 aliphatic heterocycles. The highest BCUT2D eigenvalue weighted by atomic mass is 32.1. The summed E-state index contributed by atoms with van der Waals surface area (Å²) in [6, 6.07) is 2.14. The van der Waals surface area contributed by atoms with E-state index in [1.165, 1.54) is 10.4 Å². The lowest BCUT2D eigenvalue weighted by molar-refractivity contribution is -0.130. The molecule has 1 aliphatic carbocycles. The zero-order valence-corrected chi connectivity index (χ0v) is 11.8. The van der Waals surface area contributed by atoms with Crippen molar-refractivity contribution >= 4 is 17.2 Å². The van der Waals surface area contributed by atoms with Crippen molar-refractivity contribution in [3.05, 3.63) is 21.9 Å². The molecule has 0 saturated heterocycles. The molecule has 1 aromatic heterocycles. The van der Waals surface area contributed by atoms with Crippen molar-refractivity contribution in [3.63, 3.8) is 0 Å². The quantitative estimate of drug-likeness (QED) is 0.860. The Hall–Kier alpha value is -0.870. The molecule has 1 aliphatic rings. The largest absolute Gasteiger partial charge is 0.351 e. The molecule has 1 saturated carbocycles. The summed E-state index contributed by atoms with van der Waals surface area (Å²) in [7, 11) is 0. The lowest BCUT2D eigenvalue weighted by Crippen LogP contribution is -2.43. The Balaban J connectivity index is 1.95. The molecule has 1 amide bonds. The maximum atomic E-state index is 12.3. The molecule has 2 rings (SSSR count). The van der Waals surface area contributed by atoms with E-state index in [-0.39, 0.29) is 11.3 Å². The zero-order chi connectivity index (χ0) is 13.0. The van der Waals surface area contributed by atoms with Crippen LogP contribution in [0.25, 0.3) is 0 Å². The molecule has 3 nitrogen and oxygen atoms in total. The number of hydrogen-bond donors (Lipinski definition) is 2. The minimum absolute atomic E-state index is 0.151. The molecule has 0 spiro atoms. The second-order valence-electron chi connectivity index (χ2n) is 5.10. The van der Waals surface area contributed by atoms with Crippen molar-refractivity contribution in [1.82, 2.24) is 5.32 Å². The number of thiophene rings is 1. The molecule has 3 N–H and O–H groups in total. The molecule has 0 radical (unpaired) electrons. The fraction of sp³-hybridized carbons (Fsp3) is 0.643. The normalized spacial score (nSPS) is 17.9. The molecule has 0 bridgehead atoms. The lowest BCUT2D eigenvalue weighted by atomic mass is 9.85. The maximum absolute atomic E-state index is 12.3. The van der Waals surface area contributed by atoms with Gasteiger partial charge < -0.3 is 11.1 Å². The number of aryl methyl sites for hydroxylation is 1. The summed E-state index contributed by atoms with van der Waals surface area (Å²) in [5.41, 5.74) is 6.87. The van der Waals surface area contributed by atoms with Gasteiger partial charge in [-0.05, 0) is 36.3 Å². The van der Waals surface area contributed by atoms with Crippen LogP contribution >= 0.6 is 11.3 Å². The van der Waals surface area contributed by atoms with Gasteiger partial charge in [-0.2, -0.15) is 0 Å². The maximum Gasteiger partial charge on any atom is 0.227 e. The highest BCUT2D eigenvalue weighted by molar-refractivity contribution is 7.10. The fourth-order valence-corrected chi connectivity index (χ4v) is 3.68. The average molecular weight is 266 g/mol. The van der Waals surface area contributed by atoms with E-state index in [0.717, 1.165) is 32.1 Å². The van der Waals surface area contributed by atoms with E-state index in [9.17, 15) is 4.79 Å². The van der Waals surface area contributed by atoms with Crippen LogP contribution in [0.5, 0.6) is 0 Å². The summed E-state index contributed by atoms with van der Waals surface area (Å²) in [5, 5.41) is 5.18. The van der Waals surface area contributed by atoms with Gasteiger partial charge >= 0.3 is 0 Å². The topological polar surface area (TPSA) is 55.1 Å². The summed E-state index contributed by atoms with van der Waals surface area (Å²) in [5.74, 6) is 0.151. The van der Waals surface area contributed by atoms with Gasteiger partial charge in [0.2, 0.25) is 5.91 Å². The van der Waals surface area contributed by atoms with E-state index in [2.05, 4.69) is 23.7 Å². The van der Waals surface area contributed by atoms with Gasteiger partial charge in [0.15, 0.2) is 0 Å². The minimum Gasteiger partial charge on any atom is -0.351 e. The molecule has 100 valence electrons. The van der Waals surface area contributed by atoms with E-state index < -0.39 is 0 Å². The minimum atomic E-state index is -0.288. The summed E-state index contributed by atoms with van der Waals surface area (Å²) in [6.07, 6.45) is 5.17. The Kier molecular flexibility index (Phi) is 4.40. The van der Waals surface area contributed by atoms with Gasteiger partial charge in [-0.1, -0.05) is 19.8 Å². The summed E-state index contributed by atoms with van der Waals surface area (Å²) in [6.45, 7) is 3.27. The van der Waals surface area contributed by atoms with Crippen LogP contribution in [-0.2, 0) is 17.8 Å². The number of nitrogens with two attached hydrogens (primary N) is 1. The van der Waals surface area contributed by atoms with Crippen molar-refractivity contribution in [1.29, 1.82) is 0 Å². The van der Waals surface area contributed by atoms with Crippen molar-refractivity contribution in [2.24, 2.45) is 11.1 Å². The van der Waals surface area contributed by atoms with Crippen molar-refractivity contribution < 1.29 is 4.79 Å². The van der Waals surface area contributed by atoms with Gasteiger partial charge in [0.05, 0.1) is 12.0 Å². The van der Waals surface area contributed by atoms with Crippen LogP contribution in [0.3, 0.4) is 0 Å². The Bertz CT molecular complexity index is 408. The van der Waals surface area contributed by atoms with E-state index >= 15 is 0 Å². The van der Waals surface area contributed by atoms with Crippen LogP contribution in [-0.4, -0.2) is 12.5 Å².